The van der Waals surface area contributed by atoms with Crippen LogP contribution < -0.4 is 0 Å². The van der Waals surface area contributed by atoms with E-state index in [1.807, 2.05) is 0 Å². The zero-order valence-electron chi connectivity index (χ0n) is 22.5. The van der Waals surface area contributed by atoms with Crippen molar-refractivity contribution in [1.29, 1.82) is 0 Å². The fourth-order valence-corrected chi connectivity index (χ4v) is 7.21. The number of para-hydroxylation sites is 1. The van der Waals surface area contributed by atoms with Crippen molar-refractivity contribution in [3.05, 3.63) is 77.5 Å². The summed E-state index contributed by atoms with van der Waals surface area (Å²) in [6, 6.07) is 19.3. The van der Waals surface area contributed by atoms with E-state index in [0.717, 1.165) is 38.8 Å². The third-order valence-corrected chi connectivity index (χ3v) is 9.42. The largest absolute Gasteiger partial charge is 0.462 e. The van der Waals surface area contributed by atoms with Crippen LogP contribution in [0.2, 0.25) is 0 Å². The summed E-state index contributed by atoms with van der Waals surface area (Å²) in [7, 11) is 0. The van der Waals surface area contributed by atoms with Gasteiger partial charge in [-0.15, -0.1) is 0 Å². The van der Waals surface area contributed by atoms with E-state index in [1.165, 1.54) is 39.8 Å². The van der Waals surface area contributed by atoms with E-state index in [9.17, 15) is 4.79 Å². The fraction of sp³-hybridized carbons (Fsp3) is 0.485. The van der Waals surface area contributed by atoms with Crippen molar-refractivity contribution in [3.63, 3.8) is 0 Å². The number of fused-ring (bicyclic) bond motifs is 5. The smallest absolute Gasteiger partial charge is 0.306 e. The SMILES string of the molecule is C[C@@H]1CC[C@@H](C(C)(C)c2ccccc2)[C@H](OC(=O)C[C@@H]2C=C3c4[nH]c5ccccc5c4CCN3CC2)C1. The zero-order valence-corrected chi connectivity index (χ0v) is 22.5. The predicted molar refractivity (Wildman–Crippen MR) is 150 cm³/mol. The zero-order chi connectivity index (χ0) is 25.6. The van der Waals surface area contributed by atoms with Crippen molar-refractivity contribution >= 4 is 22.6 Å². The molecule has 3 heterocycles. The summed E-state index contributed by atoms with van der Waals surface area (Å²) in [4.78, 5) is 19.5. The molecule has 0 saturated heterocycles. The molecule has 1 aliphatic carbocycles. The number of carbonyl (C=O) groups excluding carboxylic acids is 1. The maximum Gasteiger partial charge on any atom is 0.306 e. The maximum atomic E-state index is 13.4. The van der Waals surface area contributed by atoms with Gasteiger partial charge in [-0.1, -0.05) is 81.8 Å². The summed E-state index contributed by atoms with van der Waals surface area (Å²) >= 11 is 0. The molecular weight excluding hydrogens is 456 g/mol. The van der Waals surface area contributed by atoms with E-state index in [4.69, 9.17) is 4.74 Å². The second kappa shape index (κ2) is 9.70. The normalized spacial score (nSPS) is 25.8. The molecule has 0 bridgehead atoms. The van der Waals surface area contributed by atoms with Crippen LogP contribution in [0.4, 0.5) is 0 Å². The molecule has 1 N–H and O–H groups in total. The van der Waals surface area contributed by atoms with Crippen molar-refractivity contribution in [3.8, 4) is 0 Å². The van der Waals surface area contributed by atoms with E-state index in [1.54, 1.807) is 0 Å². The van der Waals surface area contributed by atoms with Gasteiger partial charge in [0, 0.05) is 29.9 Å². The third-order valence-electron chi connectivity index (χ3n) is 9.42. The van der Waals surface area contributed by atoms with Gasteiger partial charge in [-0.05, 0) is 60.1 Å². The van der Waals surface area contributed by atoms with Crippen LogP contribution in [0, 0.1) is 17.8 Å². The lowest BCUT2D eigenvalue weighted by atomic mass is 9.64. The van der Waals surface area contributed by atoms with Crippen LogP contribution in [0.25, 0.3) is 16.6 Å². The molecule has 1 aromatic heterocycles. The summed E-state index contributed by atoms with van der Waals surface area (Å²) in [5.41, 5.74) is 6.44. The van der Waals surface area contributed by atoms with Gasteiger partial charge in [0.1, 0.15) is 6.10 Å². The van der Waals surface area contributed by atoms with Crippen LogP contribution in [0.1, 0.15) is 69.7 Å². The van der Waals surface area contributed by atoms with Crippen molar-refractivity contribution in [2.24, 2.45) is 17.8 Å². The standard InChI is InChI=1S/C33H40N2O2/c1-22-13-14-27(33(2,3)24-9-5-4-6-10-24)30(19-22)37-31(36)21-23-15-17-35-18-16-26-25-11-7-8-12-28(25)34-32(26)29(35)20-23/h4-12,20,22-23,27,30,34H,13-19,21H2,1-3H3/t22-,23+,27-,30-/m1/s1. The lowest BCUT2D eigenvalue weighted by Crippen LogP contribution is -2.43. The molecule has 37 heavy (non-hydrogen) atoms. The number of aromatic amines is 1. The first-order chi connectivity index (χ1) is 17.9. The Balaban J connectivity index is 1.19. The number of allylic oxidation sites excluding steroid dienone is 1. The molecule has 3 aromatic rings. The predicted octanol–water partition coefficient (Wildman–Crippen LogP) is 7.10. The Morgan fingerprint density at radius 3 is 2.65 bits per heavy atom. The van der Waals surface area contributed by atoms with Gasteiger partial charge in [0.15, 0.2) is 0 Å². The van der Waals surface area contributed by atoms with Crippen LogP contribution in [-0.4, -0.2) is 35.0 Å². The molecule has 0 spiro atoms. The van der Waals surface area contributed by atoms with Crippen LogP contribution in [-0.2, 0) is 21.4 Å². The Kier molecular flexibility index (Phi) is 6.38. The van der Waals surface area contributed by atoms with E-state index in [0.29, 0.717) is 18.3 Å². The Labute approximate surface area is 221 Å². The lowest BCUT2D eigenvalue weighted by molar-refractivity contribution is -0.157. The van der Waals surface area contributed by atoms with Gasteiger partial charge in [0.05, 0.1) is 17.8 Å². The van der Waals surface area contributed by atoms with Crippen LogP contribution in [0.15, 0.2) is 60.7 Å². The van der Waals surface area contributed by atoms with Crippen LogP contribution in [0.5, 0.6) is 0 Å². The molecule has 0 amide bonds. The number of ether oxygens (including phenoxy) is 1. The third kappa shape index (κ3) is 4.60. The van der Waals surface area contributed by atoms with Crippen molar-refractivity contribution in [2.75, 3.05) is 13.1 Å². The average Bonchev–Trinajstić information content (AvgIpc) is 3.28. The molecular formula is C33H40N2O2. The molecule has 194 valence electrons. The molecule has 6 rings (SSSR count). The first-order valence-corrected chi connectivity index (χ1v) is 14.2. The maximum absolute atomic E-state index is 13.4. The molecule has 1 saturated carbocycles. The highest BCUT2D eigenvalue weighted by Gasteiger charge is 2.42. The summed E-state index contributed by atoms with van der Waals surface area (Å²) < 4.78 is 6.35. The fourth-order valence-electron chi connectivity index (χ4n) is 7.21. The molecule has 4 atom stereocenters. The highest BCUT2D eigenvalue weighted by atomic mass is 16.5. The Hall–Kier alpha value is -3.01. The van der Waals surface area contributed by atoms with Crippen LogP contribution >= 0.6 is 0 Å². The molecule has 4 nitrogen and oxygen atoms in total. The minimum absolute atomic E-state index is 0.0193. The first-order valence-electron chi connectivity index (χ1n) is 14.2. The summed E-state index contributed by atoms with van der Waals surface area (Å²) in [6.45, 7) is 9.00. The molecule has 2 aliphatic heterocycles. The van der Waals surface area contributed by atoms with Gasteiger partial charge in [0.2, 0.25) is 0 Å². The second-order valence-electron chi connectivity index (χ2n) is 12.2. The first kappa shape index (κ1) is 24.3. The lowest BCUT2D eigenvalue weighted by Gasteiger charge is -2.44. The second-order valence-corrected chi connectivity index (χ2v) is 12.2. The van der Waals surface area contributed by atoms with Crippen molar-refractivity contribution in [2.45, 2.75) is 70.8 Å². The minimum atomic E-state index is -0.0339. The van der Waals surface area contributed by atoms with Gasteiger partial charge in [-0.25, -0.2) is 0 Å². The van der Waals surface area contributed by atoms with Crippen molar-refractivity contribution in [1.82, 2.24) is 9.88 Å². The van der Waals surface area contributed by atoms with E-state index >= 15 is 0 Å². The van der Waals surface area contributed by atoms with Gasteiger partial charge in [-0.2, -0.15) is 0 Å². The monoisotopic (exact) mass is 496 g/mol. The summed E-state index contributed by atoms with van der Waals surface area (Å²) in [6.07, 6.45) is 8.14. The Morgan fingerprint density at radius 1 is 1.03 bits per heavy atom. The van der Waals surface area contributed by atoms with Gasteiger partial charge in [-0.3, -0.25) is 4.79 Å². The molecule has 1 fully saturated rings. The van der Waals surface area contributed by atoms with E-state index < -0.39 is 0 Å². The minimum Gasteiger partial charge on any atom is -0.462 e. The molecule has 4 heteroatoms. The van der Waals surface area contributed by atoms with Crippen molar-refractivity contribution < 1.29 is 9.53 Å². The Morgan fingerprint density at radius 2 is 1.81 bits per heavy atom. The number of H-pyrrole nitrogens is 1. The number of aromatic nitrogens is 1. The van der Waals surface area contributed by atoms with Gasteiger partial charge >= 0.3 is 5.97 Å². The summed E-state index contributed by atoms with van der Waals surface area (Å²) in [5, 5.41) is 1.33. The quantitative estimate of drug-likeness (QED) is 0.383. The number of hydrogen-bond acceptors (Lipinski definition) is 3. The van der Waals surface area contributed by atoms with E-state index in [2.05, 4.69) is 91.3 Å². The molecule has 2 aromatic carbocycles. The number of carbonyl (C=O) groups is 1. The molecule has 3 aliphatic rings. The highest BCUT2D eigenvalue weighted by molar-refractivity contribution is 5.90. The number of hydrogen-bond donors (Lipinski definition) is 1. The van der Waals surface area contributed by atoms with E-state index in [-0.39, 0.29) is 23.4 Å². The Bertz CT molecular complexity index is 1300. The number of benzene rings is 2. The number of nitrogens with zero attached hydrogens (tertiary/aromatic N) is 1. The average molecular weight is 497 g/mol. The topological polar surface area (TPSA) is 45.3 Å². The molecule has 0 unspecified atom stereocenters. The highest BCUT2D eigenvalue weighted by Crippen LogP contribution is 2.44. The molecule has 0 radical (unpaired) electrons. The number of nitrogens with one attached hydrogen (secondary N) is 1. The van der Waals surface area contributed by atoms with Gasteiger partial charge in [0.25, 0.3) is 0 Å². The van der Waals surface area contributed by atoms with Gasteiger partial charge < -0.3 is 14.6 Å². The summed E-state index contributed by atoms with van der Waals surface area (Å²) in [5.74, 6) is 1.12. The number of esters is 1. The van der Waals surface area contributed by atoms with Crippen LogP contribution in [0.3, 0.4) is 0 Å². The number of rotatable bonds is 5.